The van der Waals surface area contributed by atoms with Crippen LogP contribution in [0.1, 0.15) is 17.3 Å². The highest BCUT2D eigenvalue weighted by molar-refractivity contribution is 5.91. The van der Waals surface area contributed by atoms with Gasteiger partial charge in [0, 0.05) is 13.0 Å². The summed E-state index contributed by atoms with van der Waals surface area (Å²) < 4.78 is 5.14. The second kappa shape index (κ2) is 5.77. The van der Waals surface area contributed by atoms with Crippen molar-refractivity contribution in [2.75, 3.05) is 0 Å². The summed E-state index contributed by atoms with van der Waals surface area (Å²) in [5.74, 6) is 0.683. The number of nitrogens with one attached hydrogen (secondary N) is 1. The Balaban J connectivity index is 1.84. The summed E-state index contributed by atoms with van der Waals surface area (Å²) in [5.41, 5.74) is 0.973. The van der Waals surface area contributed by atoms with Crippen molar-refractivity contribution in [3.63, 3.8) is 0 Å². The first kappa shape index (κ1) is 12.0. The molecule has 0 saturated carbocycles. The minimum absolute atomic E-state index is 0.199. The average Bonchev–Trinajstić information content (AvgIpc) is 2.81. The molecule has 0 aliphatic carbocycles. The van der Waals surface area contributed by atoms with E-state index in [4.69, 9.17) is 4.42 Å². The van der Waals surface area contributed by atoms with Crippen LogP contribution in [0, 0.1) is 6.92 Å². The third-order valence-electron chi connectivity index (χ3n) is 2.21. The molecule has 1 aromatic heterocycles. The number of rotatable bonds is 4. The first-order valence-electron chi connectivity index (χ1n) is 5.54. The minimum Gasteiger partial charge on any atom is -0.424 e. The molecule has 0 bridgehead atoms. The number of carbonyl (C=O) groups excluding carboxylic acids is 1. The summed E-state index contributed by atoms with van der Waals surface area (Å²) >= 11 is 0. The van der Waals surface area contributed by atoms with Crippen LogP contribution in [-0.2, 0) is 11.3 Å². The molecule has 0 atom stereocenters. The first-order chi connectivity index (χ1) is 8.74. The minimum atomic E-state index is -0.199. The first-order valence-corrected chi connectivity index (χ1v) is 5.54. The third-order valence-corrected chi connectivity index (χ3v) is 2.21. The van der Waals surface area contributed by atoms with Gasteiger partial charge in [0.05, 0.1) is 6.54 Å². The molecule has 0 saturated heterocycles. The average molecular weight is 243 g/mol. The molecule has 0 spiro atoms. The van der Waals surface area contributed by atoms with Gasteiger partial charge < -0.3 is 9.73 Å². The summed E-state index contributed by atoms with van der Waals surface area (Å²) in [6, 6.07) is 9.60. The van der Waals surface area contributed by atoms with Crippen LogP contribution >= 0.6 is 0 Å². The van der Waals surface area contributed by atoms with E-state index in [1.807, 2.05) is 30.3 Å². The summed E-state index contributed by atoms with van der Waals surface area (Å²) in [7, 11) is 0. The second-order valence-corrected chi connectivity index (χ2v) is 3.68. The predicted molar refractivity (Wildman–Crippen MR) is 66.4 cm³/mol. The van der Waals surface area contributed by atoms with Crippen LogP contribution in [0.5, 0.6) is 0 Å². The Kier molecular flexibility index (Phi) is 3.86. The van der Waals surface area contributed by atoms with E-state index in [1.165, 1.54) is 6.08 Å². The van der Waals surface area contributed by atoms with Gasteiger partial charge in [-0.1, -0.05) is 30.3 Å². The monoisotopic (exact) mass is 243 g/mol. The number of aromatic nitrogens is 2. The fourth-order valence-electron chi connectivity index (χ4n) is 1.37. The molecule has 5 heteroatoms. The topological polar surface area (TPSA) is 68.0 Å². The van der Waals surface area contributed by atoms with Crippen molar-refractivity contribution in [3.05, 3.63) is 53.8 Å². The highest BCUT2D eigenvalue weighted by atomic mass is 16.4. The zero-order chi connectivity index (χ0) is 12.8. The lowest BCUT2D eigenvalue weighted by atomic mass is 10.2. The van der Waals surface area contributed by atoms with E-state index >= 15 is 0 Å². The molecule has 1 N–H and O–H groups in total. The molecule has 5 nitrogen and oxygen atoms in total. The predicted octanol–water partition coefficient (Wildman–Crippen LogP) is 1.71. The van der Waals surface area contributed by atoms with Crippen LogP contribution in [0.3, 0.4) is 0 Å². The molecule has 0 unspecified atom stereocenters. The molecule has 92 valence electrons. The Morgan fingerprint density at radius 2 is 2.11 bits per heavy atom. The quantitative estimate of drug-likeness (QED) is 0.830. The molecular formula is C13H13N3O2. The fourth-order valence-corrected chi connectivity index (χ4v) is 1.37. The molecule has 2 rings (SSSR count). The maximum atomic E-state index is 11.5. The normalized spacial score (nSPS) is 10.7. The van der Waals surface area contributed by atoms with Crippen molar-refractivity contribution in [2.24, 2.45) is 0 Å². The summed E-state index contributed by atoms with van der Waals surface area (Å²) in [5, 5.41) is 10.1. The highest BCUT2D eigenvalue weighted by Crippen LogP contribution is 2.01. The Morgan fingerprint density at radius 3 is 2.78 bits per heavy atom. The Morgan fingerprint density at radius 1 is 1.33 bits per heavy atom. The smallest absolute Gasteiger partial charge is 0.244 e. The number of carbonyl (C=O) groups is 1. The van der Waals surface area contributed by atoms with E-state index < -0.39 is 0 Å². The zero-order valence-electron chi connectivity index (χ0n) is 9.96. The second-order valence-electron chi connectivity index (χ2n) is 3.68. The van der Waals surface area contributed by atoms with Gasteiger partial charge in [-0.15, -0.1) is 10.2 Å². The molecule has 0 aliphatic heterocycles. The number of hydrogen-bond donors (Lipinski definition) is 1. The third kappa shape index (κ3) is 3.55. The van der Waals surface area contributed by atoms with E-state index in [9.17, 15) is 4.79 Å². The highest BCUT2D eigenvalue weighted by Gasteiger charge is 2.02. The van der Waals surface area contributed by atoms with Gasteiger partial charge in [-0.3, -0.25) is 4.79 Å². The maximum Gasteiger partial charge on any atom is 0.244 e. The molecule has 0 fully saturated rings. The number of amides is 1. The summed E-state index contributed by atoms with van der Waals surface area (Å²) in [6.07, 6.45) is 3.22. The van der Waals surface area contributed by atoms with Crippen molar-refractivity contribution in [1.29, 1.82) is 0 Å². The van der Waals surface area contributed by atoms with Crippen LogP contribution in [0.15, 0.2) is 40.8 Å². The molecule has 1 heterocycles. The van der Waals surface area contributed by atoms with Gasteiger partial charge in [0.15, 0.2) is 0 Å². The molecule has 0 radical (unpaired) electrons. The number of aryl methyl sites for hydroxylation is 1. The van der Waals surface area contributed by atoms with E-state index in [1.54, 1.807) is 13.0 Å². The van der Waals surface area contributed by atoms with E-state index in [2.05, 4.69) is 15.5 Å². The van der Waals surface area contributed by atoms with Crippen molar-refractivity contribution in [1.82, 2.24) is 15.5 Å². The van der Waals surface area contributed by atoms with Crippen LogP contribution < -0.4 is 5.32 Å². The van der Waals surface area contributed by atoms with Gasteiger partial charge in [0.25, 0.3) is 0 Å². The van der Waals surface area contributed by atoms with E-state index in [0.29, 0.717) is 11.8 Å². The molecular weight excluding hydrogens is 230 g/mol. The molecule has 18 heavy (non-hydrogen) atoms. The Bertz CT molecular complexity index is 546. The van der Waals surface area contributed by atoms with Gasteiger partial charge in [-0.2, -0.15) is 0 Å². The molecule has 1 amide bonds. The van der Waals surface area contributed by atoms with Crippen LogP contribution in [0.4, 0.5) is 0 Å². The molecule has 1 aromatic carbocycles. The van der Waals surface area contributed by atoms with Crippen molar-refractivity contribution in [3.8, 4) is 0 Å². The number of hydrogen-bond acceptors (Lipinski definition) is 4. The SMILES string of the molecule is Cc1nnc(CNC(=O)C=Cc2ccccc2)o1. The van der Waals surface area contributed by atoms with Gasteiger partial charge in [-0.05, 0) is 11.6 Å². The van der Waals surface area contributed by atoms with Crippen molar-refractivity contribution >= 4 is 12.0 Å². The van der Waals surface area contributed by atoms with Crippen molar-refractivity contribution in [2.45, 2.75) is 13.5 Å². The van der Waals surface area contributed by atoms with E-state index in [0.717, 1.165) is 5.56 Å². The van der Waals surface area contributed by atoms with Gasteiger partial charge in [0.1, 0.15) is 0 Å². The lowest BCUT2D eigenvalue weighted by Gasteiger charge is -1.97. The Hall–Kier alpha value is -2.43. The van der Waals surface area contributed by atoms with E-state index in [-0.39, 0.29) is 12.5 Å². The summed E-state index contributed by atoms with van der Waals surface area (Å²) in [6.45, 7) is 1.94. The zero-order valence-corrected chi connectivity index (χ0v) is 9.96. The Labute approximate surface area is 105 Å². The lowest BCUT2D eigenvalue weighted by molar-refractivity contribution is -0.116. The summed E-state index contributed by atoms with van der Waals surface area (Å²) in [4.78, 5) is 11.5. The van der Waals surface area contributed by atoms with Crippen LogP contribution in [0.2, 0.25) is 0 Å². The van der Waals surface area contributed by atoms with Crippen molar-refractivity contribution < 1.29 is 9.21 Å². The largest absolute Gasteiger partial charge is 0.424 e. The fraction of sp³-hybridized carbons (Fsp3) is 0.154. The van der Waals surface area contributed by atoms with Gasteiger partial charge >= 0.3 is 0 Å². The standard InChI is InChI=1S/C13H13N3O2/c1-10-15-16-13(18-10)9-14-12(17)8-7-11-5-3-2-4-6-11/h2-8H,9H2,1H3,(H,14,17). The van der Waals surface area contributed by atoms with Gasteiger partial charge in [0.2, 0.25) is 17.7 Å². The van der Waals surface area contributed by atoms with Crippen LogP contribution in [-0.4, -0.2) is 16.1 Å². The van der Waals surface area contributed by atoms with Crippen LogP contribution in [0.25, 0.3) is 6.08 Å². The maximum absolute atomic E-state index is 11.5. The number of benzene rings is 1. The number of nitrogens with zero attached hydrogens (tertiary/aromatic N) is 2. The molecule has 2 aromatic rings. The molecule has 0 aliphatic rings. The van der Waals surface area contributed by atoms with Gasteiger partial charge in [-0.25, -0.2) is 0 Å². The lowest BCUT2D eigenvalue weighted by Crippen LogP contribution is -2.20.